The summed E-state index contributed by atoms with van der Waals surface area (Å²) in [7, 11) is 0. The summed E-state index contributed by atoms with van der Waals surface area (Å²) in [6, 6.07) is 5.41. The van der Waals surface area contributed by atoms with Gasteiger partial charge in [0.2, 0.25) is 0 Å². The minimum Gasteiger partial charge on any atom is -0.457 e. The predicted molar refractivity (Wildman–Crippen MR) is 63.9 cm³/mol. The minimum absolute atomic E-state index is 0.342. The van der Waals surface area contributed by atoms with Crippen LogP contribution in [-0.4, -0.2) is 5.11 Å². The number of furan rings is 1. The van der Waals surface area contributed by atoms with Crippen LogP contribution in [0, 0.1) is 5.92 Å². The fraction of sp³-hybridized carbons (Fsp3) is 0.333. The molecule has 3 rings (SSSR count). The van der Waals surface area contributed by atoms with Gasteiger partial charge < -0.3 is 9.52 Å². The van der Waals surface area contributed by atoms with E-state index < -0.39 is 6.10 Å². The van der Waals surface area contributed by atoms with Gasteiger partial charge in [0.05, 0.1) is 5.02 Å². The Morgan fingerprint density at radius 3 is 2.75 bits per heavy atom. The van der Waals surface area contributed by atoms with Crippen molar-refractivity contribution in [1.82, 2.24) is 0 Å². The predicted octanol–water partition coefficient (Wildman–Crippen LogP) is 4.18. The lowest BCUT2D eigenvalue weighted by Crippen LogP contribution is -1.96. The maximum atomic E-state index is 9.95. The fourth-order valence-corrected chi connectivity index (χ4v) is 2.21. The summed E-state index contributed by atoms with van der Waals surface area (Å²) in [6.45, 7) is 0. The van der Waals surface area contributed by atoms with Crippen molar-refractivity contribution in [3.8, 4) is 0 Å². The van der Waals surface area contributed by atoms with Crippen LogP contribution in [0.15, 0.2) is 22.6 Å². The number of rotatable bonds is 2. The molecule has 0 aliphatic heterocycles. The van der Waals surface area contributed by atoms with Crippen molar-refractivity contribution < 1.29 is 9.52 Å². The first kappa shape index (κ1) is 10.5. The van der Waals surface area contributed by atoms with Crippen LogP contribution in [0.3, 0.4) is 0 Å². The number of hydrogen-bond acceptors (Lipinski definition) is 2. The van der Waals surface area contributed by atoms with E-state index in [4.69, 9.17) is 27.6 Å². The van der Waals surface area contributed by atoms with Gasteiger partial charge in [0.1, 0.15) is 16.9 Å². The minimum atomic E-state index is -0.512. The Bertz CT molecular complexity index is 543. The number of fused-ring (bicyclic) bond motifs is 1. The standard InChI is InChI=1S/C12H10Cl2O2/c13-8-4-3-7-5-9(11(15)6-1-2-6)16-12(7)10(8)14/h3-6,11,15H,1-2H2. The summed E-state index contributed by atoms with van der Waals surface area (Å²) >= 11 is 11.9. The van der Waals surface area contributed by atoms with Gasteiger partial charge in [-0.2, -0.15) is 0 Å². The van der Waals surface area contributed by atoms with Crippen LogP contribution in [0.1, 0.15) is 24.7 Å². The van der Waals surface area contributed by atoms with Gasteiger partial charge in [0.25, 0.3) is 0 Å². The lowest BCUT2D eigenvalue weighted by atomic mass is 10.1. The van der Waals surface area contributed by atoms with Gasteiger partial charge in [-0.3, -0.25) is 0 Å². The third-order valence-corrected chi connectivity index (χ3v) is 3.75. The van der Waals surface area contributed by atoms with E-state index in [0.717, 1.165) is 18.2 Å². The van der Waals surface area contributed by atoms with E-state index in [1.54, 1.807) is 6.07 Å². The molecular weight excluding hydrogens is 247 g/mol. The van der Waals surface area contributed by atoms with Crippen LogP contribution >= 0.6 is 23.2 Å². The molecule has 0 radical (unpaired) electrons. The van der Waals surface area contributed by atoms with Crippen molar-refractivity contribution >= 4 is 34.2 Å². The highest BCUT2D eigenvalue weighted by Gasteiger charge is 2.33. The summed E-state index contributed by atoms with van der Waals surface area (Å²) in [5, 5.41) is 11.7. The molecule has 1 aliphatic rings. The fourth-order valence-electron chi connectivity index (χ4n) is 1.85. The zero-order valence-electron chi connectivity index (χ0n) is 8.41. The van der Waals surface area contributed by atoms with E-state index in [2.05, 4.69) is 0 Å². The molecule has 4 heteroatoms. The summed E-state index contributed by atoms with van der Waals surface area (Å²) in [6.07, 6.45) is 1.61. The number of halogens is 2. The number of hydrogen-bond donors (Lipinski definition) is 1. The van der Waals surface area contributed by atoms with E-state index in [1.807, 2.05) is 12.1 Å². The van der Waals surface area contributed by atoms with Crippen molar-refractivity contribution in [2.75, 3.05) is 0 Å². The molecule has 1 fully saturated rings. The zero-order valence-corrected chi connectivity index (χ0v) is 9.92. The molecule has 0 spiro atoms. The van der Waals surface area contributed by atoms with Crippen molar-refractivity contribution in [1.29, 1.82) is 0 Å². The first-order valence-corrected chi connectivity index (χ1v) is 5.98. The highest BCUT2D eigenvalue weighted by Crippen LogP contribution is 2.43. The maximum absolute atomic E-state index is 9.95. The number of aliphatic hydroxyl groups is 1. The lowest BCUT2D eigenvalue weighted by Gasteiger charge is -2.03. The average molecular weight is 257 g/mol. The molecule has 1 N–H and O–H groups in total. The quantitative estimate of drug-likeness (QED) is 0.875. The summed E-state index contributed by atoms with van der Waals surface area (Å²) in [5.74, 6) is 0.927. The summed E-state index contributed by atoms with van der Waals surface area (Å²) in [4.78, 5) is 0. The van der Waals surface area contributed by atoms with Crippen LogP contribution in [-0.2, 0) is 0 Å². The Labute approximate surface area is 103 Å². The smallest absolute Gasteiger partial charge is 0.154 e. The molecule has 2 nitrogen and oxygen atoms in total. The number of benzene rings is 1. The van der Waals surface area contributed by atoms with E-state index >= 15 is 0 Å². The second-order valence-corrected chi connectivity index (χ2v) is 5.00. The van der Waals surface area contributed by atoms with Gasteiger partial charge in [0, 0.05) is 5.39 Å². The van der Waals surface area contributed by atoms with Crippen LogP contribution < -0.4 is 0 Å². The molecule has 1 atom stereocenters. The zero-order chi connectivity index (χ0) is 11.3. The van der Waals surface area contributed by atoms with E-state index in [9.17, 15) is 5.11 Å². The van der Waals surface area contributed by atoms with Crippen LogP contribution in [0.4, 0.5) is 0 Å². The van der Waals surface area contributed by atoms with E-state index in [0.29, 0.717) is 27.3 Å². The number of aliphatic hydroxyl groups excluding tert-OH is 1. The molecule has 84 valence electrons. The van der Waals surface area contributed by atoms with Crippen molar-refractivity contribution in [2.24, 2.45) is 5.92 Å². The lowest BCUT2D eigenvalue weighted by molar-refractivity contribution is 0.129. The normalized spacial score (nSPS) is 17.9. The van der Waals surface area contributed by atoms with Crippen molar-refractivity contribution in [3.63, 3.8) is 0 Å². The van der Waals surface area contributed by atoms with Gasteiger partial charge in [-0.15, -0.1) is 0 Å². The molecule has 1 saturated carbocycles. The van der Waals surface area contributed by atoms with Gasteiger partial charge in [-0.05, 0) is 37.0 Å². The molecule has 0 bridgehead atoms. The molecule has 16 heavy (non-hydrogen) atoms. The van der Waals surface area contributed by atoms with Crippen LogP contribution in [0.5, 0.6) is 0 Å². The molecule has 0 saturated heterocycles. The molecule has 1 aromatic carbocycles. The largest absolute Gasteiger partial charge is 0.457 e. The van der Waals surface area contributed by atoms with Crippen molar-refractivity contribution in [2.45, 2.75) is 18.9 Å². The van der Waals surface area contributed by atoms with E-state index in [1.165, 1.54) is 0 Å². The SMILES string of the molecule is OC(c1cc2ccc(Cl)c(Cl)c2o1)C1CC1. The molecular formula is C12H10Cl2O2. The topological polar surface area (TPSA) is 33.4 Å². The maximum Gasteiger partial charge on any atom is 0.154 e. The molecule has 1 unspecified atom stereocenters. The summed E-state index contributed by atoms with van der Waals surface area (Å²) < 4.78 is 5.58. The Morgan fingerprint density at radius 1 is 1.31 bits per heavy atom. The van der Waals surface area contributed by atoms with Gasteiger partial charge in [-0.1, -0.05) is 23.2 Å². The Morgan fingerprint density at radius 2 is 2.06 bits per heavy atom. The van der Waals surface area contributed by atoms with Crippen LogP contribution in [0.25, 0.3) is 11.0 Å². The third kappa shape index (κ3) is 1.61. The van der Waals surface area contributed by atoms with Gasteiger partial charge in [0.15, 0.2) is 5.58 Å². The molecule has 1 aliphatic carbocycles. The van der Waals surface area contributed by atoms with Gasteiger partial charge >= 0.3 is 0 Å². The van der Waals surface area contributed by atoms with E-state index in [-0.39, 0.29) is 0 Å². The second kappa shape index (κ2) is 3.66. The highest BCUT2D eigenvalue weighted by molar-refractivity contribution is 6.44. The van der Waals surface area contributed by atoms with Gasteiger partial charge in [-0.25, -0.2) is 0 Å². The van der Waals surface area contributed by atoms with Crippen LogP contribution in [0.2, 0.25) is 10.0 Å². The van der Waals surface area contributed by atoms with Crippen molar-refractivity contribution in [3.05, 3.63) is 34.0 Å². The first-order chi connectivity index (χ1) is 7.66. The molecule has 1 aromatic heterocycles. The molecule has 0 amide bonds. The average Bonchev–Trinajstić information content (AvgIpc) is 3.02. The first-order valence-electron chi connectivity index (χ1n) is 5.22. The highest BCUT2D eigenvalue weighted by atomic mass is 35.5. The Kier molecular flexibility index (Phi) is 2.39. The third-order valence-electron chi connectivity index (χ3n) is 2.96. The molecule has 1 heterocycles. The summed E-state index contributed by atoms with van der Waals surface area (Å²) in [5.41, 5.74) is 0.559. The monoisotopic (exact) mass is 256 g/mol. The second-order valence-electron chi connectivity index (χ2n) is 4.21. The Hall–Kier alpha value is -0.700. The molecule has 2 aromatic rings. The Balaban J connectivity index is 2.11.